The maximum atomic E-state index is 12.9. The normalized spacial score (nSPS) is 11.8. The first kappa shape index (κ1) is 10.8. The molecule has 1 heterocycles. The van der Waals surface area contributed by atoms with Crippen molar-refractivity contribution in [1.82, 2.24) is 4.98 Å². The molecule has 1 rings (SSSR count). The Morgan fingerprint density at radius 1 is 1.62 bits per heavy atom. The van der Waals surface area contributed by atoms with Crippen LogP contribution in [0.4, 0.5) is 8.78 Å². The molecule has 0 atom stereocenters. The molecule has 0 aromatic carbocycles. The number of aliphatic hydroxyl groups is 1. The molecule has 0 fully saturated rings. The molecule has 13 heavy (non-hydrogen) atoms. The summed E-state index contributed by atoms with van der Waals surface area (Å²) in [6.45, 7) is -1.29. The summed E-state index contributed by atoms with van der Waals surface area (Å²) in [4.78, 5) is 3.52. The Kier molecular flexibility index (Phi) is 3.21. The predicted molar refractivity (Wildman–Crippen MR) is 47.9 cm³/mol. The van der Waals surface area contributed by atoms with Gasteiger partial charge in [0, 0.05) is 10.7 Å². The quantitative estimate of drug-likeness (QED) is 0.840. The average Bonchev–Trinajstić information content (AvgIpc) is 2.09. The van der Waals surface area contributed by atoms with E-state index < -0.39 is 18.1 Å². The van der Waals surface area contributed by atoms with Crippen molar-refractivity contribution < 1.29 is 13.9 Å². The summed E-state index contributed by atoms with van der Waals surface area (Å²) in [6.07, 6.45) is 1.30. The second-order valence-electron chi connectivity index (χ2n) is 2.35. The minimum absolute atomic E-state index is 0.303. The highest BCUT2D eigenvalue weighted by atomic mass is 79.9. The largest absolute Gasteiger partial charge is 0.390 e. The van der Waals surface area contributed by atoms with Gasteiger partial charge in [0.15, 0.2) is 0 Å². The maximum absolute atomic E-state index is 12.9. The van der Waals surface area contributed by atoms with E-state index in [9.17, 15) is 8.78 Å². The molecule has 2 nitrogen and oxygen atoms in total. The number of aromatic nitrogens is 1. The molecule has 0 saturated carbocycles. The van der Waals surface area contributed by atoms with Crippen molar-refractivity contribution in [2.24, 2.45) is 0 Å². The zero-order valence-corrected chi connectivity index (χ0v) is 8.61. The van der Waals surface area contributed by atoms with Crippen LogP contribution in [0.25, 0.3) is 0 Å². The van der Waals surface area contributed by atoms with Gasteiger partial charge in [-0.05, 0) is 22.0 Å². The summed E-state index contributed by atoms with van der Waals surface area (Å²) in [5.74, 6) is -3.35. The minimum atomic E-state index is -3.35. The van der Waals surface area contributed by atoms with E-state index in [1.807, 2.05) is 0 Å². The molecular formula is C7H5BrClF2NO. The van der Waals surface area contributed by atoms with E-state index in [0.717, 1.165) is 6.07 Å². The molecule has 0 aliphatic rings. The number of rotatable bonds is 2. The molecule has 1 aromatic heterocycles. The zero-order chi connectivity index (χ0) is 10.1. The maximum Gasteiger partial charge on any atom is 0.298 e. The fourth-order valence-electron chi connectivity index (χ4n) is 0.764. The molecule has 0 saturated heterocycles. The van der Waals surface area contributed by atoms with Crippen LogP contribution >= 0.6 is 27.5 Å². The number of nitrogens with zero attached hydrogens (tertiary/aromatic N) is 1. The number of halogens is 4. The third kappa shape index (κ3) is 2.36. The predicted octanol–water partition coefficient (Wildman–Crippen LogP) is 2.58. The van der Waals surface area contributed by atoms with Crippen LogP contribution in [-0.2, 0) is 5.92 Å². The Hall–Kier alpha value is -0.260. The molecule has 0 unspecified atom stereocenters. The third-order valence-electron chi connectivity index (χ3n) is 1.40. The summed E-state index contributed by atoms with van der Waals surface area (Å²) in [6, 6.07) is 1.13. The number of hydrogen-bond acceptors (Lipinski definition) is 2. The molecule has 0 bridgehead atoms. The van der Waals surface area contributed by atoms with Crippen LogP contribution in [-0.4, -0.2) is 16.7 Å². The van der Waals surface area contributed by atoms with E-state index in [-0.39, 0.29) is 5.15 Å². The standard InChI is InChI=1S/C7H5BrClF2NO/c8-4-1-5(6(9)12-2-4)7(10,11)3-13/h1-2,13H,3H2. The van der Waals surface area contributed by atoms with Gasteiger partial charge in [-0.15, -0.1) is 0 Å². The number of pyridine rings is 1. The summed E-state index contributed by atoms with van der Waals surface area (Å²) >= 11 is 8.42. The minimum Gasteiger partial charge on any atom is -0.390 e. The van der Waals surface area contributed by atoms with Crippen molar-refractivity contribution in [2.45, 2.75) is 5.92 Å². The molecule has 0 aliphatic heterocycles. The number of hydrogen-bond donors (Lipinski definition) is 1. The lowest BCUT2D eigenvalue weighted by atomic mass is 10.1. The van der Waals surface area contributed by atoms with Gasteiger partial charge in [-0.2, -0.15) is 8.78 Å². The first-order chi connectivity index (χ1) is 5.97. The fourth-order valence-corrected chi connectivity index (χ4v) is 1.34. The highest BCUT2D eigenvalue weighted by Gasteiger charge is 2.33. The van der Waals surface area contributed by atoms with Gasteiger partial charge in [0.05, 0.1) is 5.56 Å². The van der Waals surface area contributed by atoms with E-state index in [2.05, 4.69) is 20.9 Å². The molecular weight excluding hydrogens is 267 g/mol. The van der Waals surface area contributed by atoms with Crippen molar-refractivity contribution in [2.75, 3.05) is 6.61 Å². The van der Waals surface area contributed by atoms with Crippen molar-refractivity contribution >= 4 is 27.5 Å². The molecule has 0 spiro atoms. The monoisotopic (exact) mass is 271 g/mol. The van der Waals surface area contributed by atoms with E-state index >= 15 is 0 Å². The van der Waals surface area contributed by atoms with Crippen molar-refractivity contribution in [1.29, 1.82) is 0 Å². The van der Waals surface area contributed by atoms with Gasteiger partial charge < -0.3 is 5.11 Å². The molecule has 1 aromatic rings. The lowest BCUT2D eigenvalue weighted by molar-refractivity contribution is -0.0558. The molecule has 1 N–H and O–H groups in total. The Morgan fingerprint density at radius 3 is 2.77 bits per heavy atom. The summed E-state index contributed by atoms with van der Waals surface area (Å²) < 4.78 is 26.3. The molecule has 72 valence electrons. The summed E-state index contributed by atoms with van der Waals surface area (Å²) in [5, 5.41) is 8.11. The van der Waals surface area contributed by atoms with Crippen LogP contribution in [0, 0.1) is 0 Å². The highest BCUT2D eigenvalue weighted by Crippen LogP contribution is 2.33. The Morgan fingerprint density at radius 2 is 2.23 bits per heavy atom. The third-order valence-corrected chi connectivity index (χ3v) is 2.13. The average molecular weight is 272 g/mol. The molecule has 0 aliphatic carbocycles. The highest BCUT2D eigenvalue weighted by molar-refractivity contribution is 9.10. The molecule has 6 heteroatoms. The van der Waals surface area contributed by atoms with Gasteiger partial charge in [0.25, 0.3) is 5.92 Å². The van der Waals surface area contributed by atoms with Gasteiger partial charge in [0.2, 0.25) is 0 Å². The van der Waals surface area contributed by atoms with Crippen LogP contribution in [0.2, 0.25) is 5.15 Å². The van der Waals surface area contributed by atoms with Crippen LogP contribution in [0.5, 0.6) is 0 Å². The number of aliphatic hydroxyl groups excluding tert-OH is 1. The molecule has 0 radical (unpaired) electrons. The van der Waals surface area contributed by atoms with Gasteiger partial charge in [-0.1, -0.05) is 11.6 Å². The van der Waals surface area contributed by atoms with E-state index in [4.69, 9.17) is 16.7 Å². The summed E-state index contributed by atoms with van der Waals surface area (Å²) in [5.41, 5.74) is -0.481. The lowest BCUT2D eigenvalue weighted by Gasteiger charge is -2.14. The second-order valence-corrected chi connectivity index (χ2v) is 3.63. The summed E-state index contributed by atoms with van der Waals surface area (Å²) in [7, 11) is 0. The van der Waals surface area contributed by atoms with Crippen LogP contribution in [0.15, 0.2) is 16.7 Å². The van der Waals surface area contributed by atoms with Crippen LogP contribution < -0.4 is 0 Å². The van der Waals surface area contributed by atoms with Gasteiger partial charge in [-0.25, -0.2) is 4.98 Å². The van der Waals surface area contributed by atoms with Crippen LogP contribution in [0.3, 0.4) is 0 Å². The van der Waals surface area contributed by atoms with Crippen molar-refractivity contribution in [3.05, 3.63) is 27.5 Å². The van der Waals surface area contributed by atoms with Gasteiger partial charge in [0.1, 0.15) is 11.8 Å². The van der Waals surface area contributed by atoms with E-state index in [1.165, 1.54) is 6.20 Å². The lowest BCUT2D eigenvalue weighted by Crippen LogP contribution is -2.19. The van der Waals surface area contributed by atoms with Crippen molar-refractivity contribution in [3.63, 3.8) is 0 Å². The smallest absolute Gasteiger partial charge is 0.298 e. The van der Waals surface area contributed by atoms with Crippen molar-refractivity contribution in [3.8, 4) is 0 Å². The first-order valence-corrected chi connectivity index (χ1v) is 4.44. The Bertz CT molecular complexity index is 321. The zero-order valence-electron chi connectivity index (χ0n) is 6.27. The Balaban J connectivity index is 3.20. The topological polar surface area (TPSA) is 33.1 Å². The van der Waals surface area contributed by atoms with E-state index in [0.29, 0.717) is 4.47 Å². The van der Waals surface area contributed by atoms with E-state index in [1.54, 1.807) is 0 Å². The first-order valence-electron chi connectivity index (χ1n) is 3.27. The Labute approximate surface area is 86.7 Å². The number of alkyl halides is 2. The SMILES string of the molecule is OCC(F)(F)c1cc(Br)cnc1Cl. The second kappa shape index (κ2) is 3.86. The molecule has 0 amide bonds. The van der Waals surface area contributed by atoms with Crippen LogP contribution in [0.1, 0.15) is 5.56 Å². The van der Waals surface area contributed by atoms with Gasteiger partial charge in [-0.3, -0.25) is 0 Å². The van der Waals surface area contributed by atoms with Gasteiger partial charge >= 0.3 is 0 Å². The fraction of sp³-hybridized carbons (Fsp3) is 0.286.